The van der Waals surface area contributed by atoms with Crippen molar-refractivity contribution < 1.29 is 4.18 Å². The molecule has 0 saturated carbocycles. The first-order valence-electron chi connectivity index (χ1n) is 4.17. The summed E-state index contributed by atoms with van der Waals surface area (Å²) < 4.78 is 4.98. The Kier molecular flexibility index (Phi) is 6.41. The fourth-order valence-corrected chi connectivity index (χ4v) is 1.09. The van der Waals surface area contributed by atoms with E-state index in [9.17, 15) is 0 Å². The van der Waals surface area contributed by atoms with E-state index >= 15 is 0 Å². The van der Waals surface area contributed by atoms with Gasteiger partial charge in [-0.1, -0.05) is 20.4 Å². The average molecular weight is 199 g/mol. The Bertz CT molecular complexity index is 209. The van der Waals surface area contributed by atoms with E-state index in [0.29, 0.717) is 11.8 Å². The fourth-order valence-electron chi connectivity index (χ4n) is 0.858. The van der Waals surface area contributed by atoms with E-state index in [4.69, 9.17) is 4.18 Å². The summed E-state index contributed by atoms with van der Waals surface area (Å²) in [5, 5.41) is 0. The summed E-state index contributed by atoms with van der Waals surface area (Å²) in [6, 6.07) is 0. The summed E-state index contributed by atoms with van der Waals surface area (Å²) in [4.78, 5) is 4.00. The Balaban J connectivity index is 3.83. The topological polar surface area (TPSA) is 21.6 Å². The van der Waals surface area contributed by atoms with Gasteiger partial charge in [-0.3, -0.25) is 0 Å². The molecule has 0 aromatic heterocycles. The van der Waals surface area contributed by atoms with Crippen molar-refractivity contribution >= 4 is 18.3 Å². The number of aliphatic imine (C=N–C) groups is 1. The number of allylic oxidation sites excluding steroid dienone is 1. The Morgan fingerprint density at radius 3 is 2.62 bits per heavy atom. The maximum absolute atomic E-state index is 4.98. The molecule has 13 heavy (non-hydrogen) atoms. The van der Waals surface area contributed by atoms with Crippen LogP contribution >= 0.6 is 12.0 Å². The zero-order valence-corrected chi connectivity index (χ0v) is 9.36. The molecule has 74 valence electrons. The highest BCUT2D eigenvalue weighted by Crippen LogP contribution is 2.09. The molecule has 3 heteroatoms. The highest BCUT2D eigenvalue weighted by Gasteiger charge is 1.95. The van der Waals surface area contributed by atoms with Crippen molar-refractivity contribution in [3.8, 4) is 0 Å². The molecule has 0 aromatic rings. The minimum Gasteiger partial charge on any atom is -0.407 e. The van der Waals surface area contributed by atoms with Gasteiger partial charge in [-0.05, 0) is 24.5 Å². The molecule has 0 spiro atoms. The molecule has 0 unspecified atom stereocenters. The van der Waals surface area contributed by atoms with Gasteiger partial charge < -0.3 is 4.18 Å². The van der Waals surface area contributed by atoms with E-state index < -0.39 is 0 Å². The molecule has 0 radical (unpaired) electrons. The predicted octanol–water partition coefficient (Wildman–Crippen LogP) is 3.43. The molecule has 0 aliphatic heterocycles. The van der Waals surface area contributed by atoms with Crippen LogP contribution < -0.4 is 0 Å². The van der Waals surface area contributed by atoms with Crippen molar-refractivity contribution in [3.63, 3.8) is 0 Å². The lowest BCUT2D eigenvalue weighted by molar-refractivity contribution is 0.499. The Labute approximate surface area is 85.0 Å². The van der Waals surface area contributed by atoms with Gasteiger partial charge in [0.1, 0.15) is 0 Å². The van der Waals surface area contributed by atoms with Crippen molar-refractivity contribution in [1.82, 2.24) is 0 Å². The van der Waals surface area contributed by atoms with Gasteiger partial charge in [-0.2, -0.15) is 0 Å². The Hall–Kier alpha value is -0.700. The molecule has 0 rings (SSSR count). The van der Waals surface area contributed by atoms with Gasteiger partial charge in [0.05, 0.1) is 12.0 Å². The van der Waals surface area contributed by atoms with Crippen LogP contribution in [0.1, 0.15) is 20.3 Å². The Morgan fingerprint density at radius 2 is 2.15 bits per heavy atom. The van der Waals surface area contributed by atoms with Gasteiger partial charge in [0, 0.05) is 12.5 Å². The Morgan fingerprint density at radius 1 is 1.54 bits per heavy atom. The SMILES string of the molecule is C=C(/C=N/C(=C)OSC)CC(C)C. The highest BCUT2D eigenvalue weighted by atomic mass is 32.2. The second-order valence-electron chi connectivity index (χ2n) is 3.16. The minimum absolute atomic E-state index is 0.414. The lowest BCUT2D eigenvalue weighted by Crippen LogP contribution is -1.91. The van der Waals surface area contributed by atoms with E-state index in [0.717, 1.165) is 12.0 Å². The summed E-state index contributed by atoms with van der Waals surface area (Å²) in [7, 11) is 0. The molecule has 0 fully saturated rings. The maximum atomic E-state index is 4.98. The molecule has 0 atom stereocenters. The van der Waals surface area contributed by atoms with Gasteiger partial charge >= 0.3 is 0 Å². The average Bonchev–Trinajstić information content (AvgIpc) is 2.00. The smallest absolute Gasteiger partial charge is 0.220 e. The summed E-state index contributed by atoms with van der Waals surface area (Å²) in [6.07, 6.45) is 4.48. The second kappa shape index (κ2) is 6.78. The number of hydrogen-bond donors (Lipinski definition) is 0. The molecule has 0 heterocycles. The van der Waals surface area contributed by atoms with Crippen molar-refractivity contribution in [1.29, 1.82) is 0 Å². The van der Waals surface area contributed by atoms with Crippen LogP contribution in [-0.4, -0.2) is 12.5 Å². The lowest BCUT2D eigenvalue weighted by Gasteiger charge is -2.03. The molecule has 0 saturated heterocycles. The van der Waals surface area contributed by atoms with E-state index in [-0.39, 0.29) is 0 Å². The van der Waals surface area contributed by atoms with Crippen LogP contribution in [0.3, 0.4) is 0 Å². The van der Waals surface area contributed by atoms with Crippen LogP contribution in [0, 0.1) is 5.92 Å². The first-order chi connectivity index (χ1) is 6.06. The molecular weight excluding hydrogens is 182 g/mol. The lowest BCUT2D eigenvalue weighted by atomic mass is 10.1. The van der Waals surface area contributed by atoms with Crippen LogP contribution in [0.5, 0.6) is 0 Å². The van der Waals surface area contributed by atoms with Crippen LogP contribution in [0.4, 0.5) is 0 Å². The van der Waals surface area contributed by atoms with Gasteiger partial charge in [0.15, 0.2) is 0 Å². The minimum atomic E-state index is 0.414. The van der Waals surface area contributed by atoms with Gasteiger partial charge in [0.25, 0.3) is 0 Å². The molecule has 0 aliphatic rings. The third-order valence-corrected chi connectivity index (χ3v) is 1.60. The number of hydrogen-bond acceptors (Lipinski definition) is 3. The predicted molar refractivity (Wildman–Crippen MR) is 60.8 cm³/mol. The van der Waals surface area contributed by atoms with Gasteiger partial charge in [-0.15, -0.1) is 0 Å². The molecule has 0 N–H and O–H groups in total. The monoisotopic (exact) mass is 199 g/mol. The highest BCUT2D eigenvalue weighted by molar-refractivity contribution is 7.94. The van der Waals surface area contributed by atoms with Gasteiger partial charge in [0.2, 0.25) is 5.88 Å². The van der Waals surface area contributed by atoms with E-state index in [1.165, 1.54) is 12.0 Å². The van der Waals surface area contributed by atoms with Crippen molar-refractivity contribution in [2.75, 3.05) is 6.26 Å². The summed E-state index contributed by atoms with van der Waals surface area (Å²) in [5.41, 5.74) is 1.00. The van der Waals surface area contributed by atoms with Crippen LogP contribution in [-0.2, 0) is 4.18 Å². The first-order valence-corrected chi connectivity index (χ1v) is 5.32. The van der Waals surface area contributed by atoms with Crippen molar-refractivity contribution in [2.45, 2.75) is 20.3 Å². The second-order valence-corrected chi connectivity index (χ2v) is 3.66. The summed E-state index contributed by atoms with van der Waals surface area (Å²) >= 11 is 1.23. The third kappa shape index (κ3) is 7.65. The fraction of sp³-hybridized carbons (Fsp3) is 0.500. The van der Waals surface area contributed by atoms with Crippen LogP contribution in [0.25, 0.3) is 0 Å². The van der Waals surface area contributed by atoms with E-state index in [1.807, 2.05) is 6.26 Å². The van der Waals surface area contributed by atoms with Gasteiger partial charge in [-0.25, -0.2) is 4.99 Å². The zero-order valence-electron chi connectivity index (χ0n) is 8.54. The van der Waals surface area contributed by atoms with E-state index in [2.05, 4.69) is 32.0 Å². The first kappa shape index (κ1) is 12.3. The molecule has 0 aromatic carbocycles. The summed E-state index contributed by atoms with van der Waals surface area (Å²) in [5.74, 6) is 1.02. The molecule has 0 amide bonds. The zero-order chi connectivity index (χ0) is 10.3. The van der Waals surface area contributed by atoms with Crippen LogP contribution in [0.2, 0.25) is 0 Å². The summed E-state index contributed by atoms with van der Waals surface area (Å²) in [6.45, 7) is 11.8. The van der Waals surface area contributed by atoms with E-state index in [1.54, 1.807) is 6.21 Å². The molecule has 0 aliphatic carbocycles. The molecule has 0 bridgehead atoms. The molecular formula is C10H17NOS. The van der Waals surface area contributed by atoms with Crippen LogP contribution in [0.15, 0.2) is 29.6 Å². The standard InChI is InChI=1S/C10H17NOS/c1-8(2)6-9(3)7-11-10(4)12-13-5/h7-8H,3-4,6H2,1-2,5H3/b11-7+. The molecule has 2 nitrogen and oxygen atoms in total. The maximum Gasteiger partial charge on any atom is 0.220 e. The number of rotatable bonds is 6. The number of nitrogens with zero attached hydrogens (tertiary/aromatic N) is 1. The largest absolute Gasteiger partial charge is 0.407 e. The third-order valence-electron chi connectivity index (χ3n) is 1.24. The van der Waals surface area contributed by atoms with Crippen molar-refractivity contribution in [2.24, 2.45) is 10.9 Å². The van der Waals surface area contributed by atoms with Crippen molar-refractivity contribution in [3.05, 3.63) is 24.6 Å². The quantitative estimate of drug-likeness (QED) is 0.371. The normalized spacial score (nSPS) is 10.8.